The van der Waals surface area contributed by atoms with Gasteiger partial charge in [0.1, 0.15) is 22.2 Å². The Morgan fingerprint density at radius 1 is 1.00 bits per heavy atom. The molecule has 2 aromatic rings. The third-order valence-corrected chi connectivity index (χ3v) is 4.41. The maximum Gasteiger partial charge on any atom is 0.283 e. The summed E-state index contributed by atoms with van der Waals surface area (Å²) in [7, 11) is 2.97. The van der Waals surface area contributed by atoms with Gasteiger partial charge in [-0.15, -0.1) is 0 Å². The number of rotatable bonds is 5. The van der Waals surface area contributed by atoms with Crippen molar-refractivity contribution in [2.24, 2.45) is 0 Å². The predicted molar refractivity (Wildman–Crippen MR) is 99.7 cm³/mol. The monoisotopic (exact) mass is 372 g/mol. The van der Waals surface area contributed by atoms with Gasteiger partial charge in [0, 0.05) is 11.8 Å². The lowest BCUT2D eigenvalue weighted by Crippen LogP contribution is -2.32. The maximum absolute atomic E-state index is 12.9. The van der Waals surface area contributed by atoms with E-state index in [0.29, 0.717) is 22.9 Å². The van der Waals surface area contributed by atoms with Crippen LogP contribution in [0.4, 0.5) is 11.4 Å². The van der Waals surface area contributed by atoms with E-state index in [4.69, 9.17) is 21.1 Å². The number of halogens is 1. The van der Waals surface area contributed by atoms with Crippen molar-refractivity contribution < 1.29 is 19.1 Å². The lowest BCUT2D eigenvalue weighted by atomic mass is 10.2. The Bertz CT molecular complexity index is 924. The van der Waals surface area contributed by atoms with Gasteiger partial charge in [-0.25, -0.2) is 4.90 Å². The number of carbonyl (C=O) groups excluding carboxylic acids is 2. The molecule has 134 valence electrons. The largest absolute Gasteiger partial charge is 0.497 e. The maximum atomic E-state index is 12.9. The van der Waals surface area contributed by atoms with Crippen LogP contribution in [0.25, 0.3) is 0 Å². The van der Waals surface area contributed by atoms with E-state index >= 15 is 0 Å². The number of methoxy groups -OCH3 is 2. The number of nitrogens with one attached hydrogen (secondary N) is 1. The number of ether oxygens (including phenoxy) is 2. The second-order valence-electron chi connectivity index (χ2n) is 5.61. The Labute approximate surface area is 156 Å². The van der Waals surface area contributed by atoms with Gasteiger partial charge in [-0.05, 0) is 30.7 Å². The second-order valence-corrected chi connectivity index (χ2v) is 5.99. The van der Waals surface area contributed by atoms with E-state index in [-0.39, 0.29) is 10.7 Å². The first-order valence-corrected chi connectivity index (χ1v) is 8.19. The zero-order chi connectivity index (χ0) is 18.8. The van der Waals surface area contributed by atoms with Crippen LogP contribution in [-0.4, -0.2) is 26.0 Å². The number of hydrogen-bond acceptors (Lipinski definition) is 5. The van der Waals surface area contributed by atoms with Gasteiger partial charge in [0.2, 0.25) is 0 Å². The van der Waals surface area contributed by atoms with Gasteiger partial charge in [0.25, 0.3) is 11.8 Å². The Kier molecular flexibility index (Phi) is 4.86. The van der Waals surface area contributed by atoms with Crippen LogP contribution < -0.4 is 19.7 Å². The Morgan fingerprint density at radius 3 is 2.38 bits per heavy atom. The molecule has 2 aromatic carbocycles. The molecule has 0 bridgehead atoms. The average molecular weight is 373 g/mol. The molecule has 2 amide bonds. The van der Waals surface area contributed by atoms with Gasteiger partial charge >= 0.3 is 0 Å². The summed E-state index contributed by atoms with van der Waals surface area (Å²) in [6.07, 6.45) is 0. The number of aryl methyl sites for hydroxylation is 1. The minimum Gasteiger partial charge on any atom is -0.497 e. The van der Waals surface area contributed by atoms with Crippen molar-refractivity contribution in [3.63, 3.8) is 0 Å². The highest BCUT2D eigenvalue weighted by Gasteiger charge is 2.40. The quantitative estimate of drug-likeness (QED) is 0.814. The van der Waals surface area contributed by atoms with Gasteiger partial charge in [-0.3, -0.25) is 9.59 Å². The number of carbonyl (C=O) groups is 2. The molecular formula is C19H17ClN2O4. The number of para-hydroxylation sites is 1. The summed E-state index contributed by atoms with van der Waals surface area (Å²) >= 11 is 6.16. The summed E-state index contributed by atoms with van der Waals surface area (Å²) in [5.41, 5.74) is 1.95. The molecule has 1 N–H and O–H groups in total. The molecule has 1 aliphatic heterocycles. The first-order chi connectivity index (χ1) is 12.5. The van der Waals surface area contributed by atoms with Gasteiger partial charge < -0.3 is 14.8 Å². The summed E-state index contributed by atoms with van der Waals surface area (Å²) in [6, 6.07) is 12.2. The van der Waals surface area contributed by atoms with Crippen LogP contribution in [0.15, 0.2) is 53.2 Å². The molecule has 7 heteroatoms. The Morgan fingerprint density at radius 2 is 1.73 bits per heavy atom. The standard InChI is InChI=1S/C19H17ClN2O4/c1-11-6-4-5-7-13(11)21-17-16(20)18(23)22(19(17)24)14-9-8-12(25-2)10-15(14)26-3/h4-10,21H,1-3H3. The summed E-state index contributed by atoms with van der Waals surface area (Å²) < 4.78 is 10.4. The summed E-state index contributed by atoms with van der Waals surface area (Å²) in [6.45, 7) is 1.89. The molecule has 26 heavy (non-hydrogen) atoms. The van der Waals surface area contributed by atoms with Crippen molar-refractivity contribution >= 4 is 34.8 Å². The van der Waals surface area contributed by atoms with Crippen molar-refractivity contribution in [3.8, 4) is 11.5 Å². The zero-order valence-electron chi connectivity index (χ0n) is 14.5. The lowest BCUT2D eigenvalue weighted by molar-refractivity contribution is -0.120. The smallest absolute Gasteiger partial charge is 0.283 e. The molecule has 0 radical (unpaired) electrons. The summed E-state index contributed by atoms with van der Waals surface area (Å²) in [4.78, 5) is 26.5. The number of anilines is 2. The molecule has 0 aromatic heterocycles. The normalized spacial score (nSPS) is 14.1. The molecule has 0 spiro atoms. The number of imide groups is 1. The number of hydrogen-bond donors (Lipinski definition) is 1. The molecule has 1 aliphatic rings. The molecular weight excluding hydrogens is 356 g/mol. The van der Waals surface area contributed by atoms with Crippen molar-refractivity contribution in [2.75, 3.05) is 24.4 Å². The van der Waals surface area contributed by atoms with Crippen LogP contribution in [-0.2, 0) is 9.59 Å². The minimum atomic E-state index is -0.615. The van der Waals surface area contributed by atoms with Crippen LogP contribution in [0.3, 0.4) is 0 Å². The van der Waals surface area contributed by atoms with E-state index in [1.807, 2.05) is 25.1 Å². The van der Waals surface area contributed by atoms with Crippen LogP contribution >= 0.6 is 11.6 Å². The molecule has 6 nitrogen and oxygen atoms in total. The SMILES string of the molecule is COc1ccc(N2C(=O)C(Cl)=C(Nc3ccccc3C)C2=O)c(OC)c1. The van der Waals surface area contributed by atoms with Crippen molar-refractivity contribution in [1.29, 1.82) is 0 Å². The van der Waals surface area contributed by atoms with Crippen LogP contribution in [0.5, 0.6) is 11.5 Å². The topological polar surface area (TPSA) is 67.9 Å². The van der Waals surface area contributed by atoms with Crippen LogP contribution in [0.1, 0.15) is 5.56 Å². The zero-order valence-corrected chi connectivity index (χ0v) is 15.3. The number of benzene rings is 2. The third kappa shape index (κ3) is 2.99. The average Bonchev–Trinajstić information content (AvgIpc) is 2.86. The molecule has 0 saturated carbocycles. The lowest BCUT2D eigenvalue weighted by Gasteiger charge is -2.19. The highest BCUT2D eigenvalue weighted by molar-refractivity contribution is 6.53. The van der Waals surface area contributed by atoms with E-state index < -0.39 is 11.8 Å². The first kappa shape index (κ1) is 17.8. The summed E-state index contributed by atoms with van der Waals surface area (Å²) in [5, 5.41) is 2.80. The van der Waals surface area contributed by atoms with Gasteiger partial charge in [0.05, 0.1) is 19.9 Å². The molecule has 0 fully saturated rings. The second kappa shape index (κ2) is 7.09. The molecule has 1 heterocycles. The molecule has 3 rings (SSSR count). The summed E-state index contributed by atoms with van der Waals surface area (Å²) in [5.74, 6) is -0.294. The van der Waals surface area contributed by atoms with Gasteiger partial charge in [0.15, 0.2) is 0 Å². The highest BCUT2D eigenvalue weighted by Crippen LogP contribution is 2.37. The number of amides is 2. The van der Waals surface area contributed by atoms with E-state index in [0.717, 1.165) is 10.5 Å². The van der Waals surface area contributed by atoms with Crippen molar-refractivity contribution in [3.05, 3.63) is 58.8 Å². The van der Waals surface area contributed by atoms with Crippen LogP contribution in [0.2, 0.25) is 0 Å². The molecule has 0 atom stereocenters. The number of nitrogens with zero attached hydrogens (tertiary/aromatic N) is 1. The van der Waals surface area contributed by atoms with Crippen molar-refractivity contribution in [1.82, 2.24) is 0 Å². The fourth-order valence-corrected chi connectivity index (χ4v) is 2.86. The van der Waals surface area contributed by atoms with Gasteiger partial charge in [-0.1, -0.05) is 29.8 Å². The third-order valence-electron chi connectivity index (χ3n) is 4.06. The molecule has 0 saturated heterocycles. The fourth-order valence-electron chi connectivity index (χ4n) is 2.65. The molecule has 0 aliphatic carbocycles. The Hall–Kier alpha value is -2.99. The van der Waals surface area contributed by atoms with Crippen molar-refractivity contribution in [2.45, 2.75) is 6.92 Å². The first-order valence-electron chi connectivity index (χ1n) is 7.81. The Balaban J connectivity index is 1.97. The van der Waals surface area contributed by atoms with E-state index in [1.54, 1.807) is 24.3 Å². The molecule has 0 unspecified atom stereocenters. The van der Waals surface area contributed by atoms with E-state index in [9.17, 15) is 9.59 Å². The fraction of sp³-hybridized carbons (Fsp3) is 0.158. The van der Waals surface area contributed by atoms with E-state index in [1.165, 1.54) is 14.2 Å². The minimum absolute atomic E-state index is 0.0313. The van der Waals surface area contributed by atoms with E-state index in [2.05, 4.69) is 5.32 Å². The van der Waals surface area contributed by atoms with Gasteiger partial charge in [-0.2, -0.15) is 0 Å². The predicted octanol–water partition coefficient (Wildman–Crippen LogP) is 3.45. The highest BCUT2D eigenvalue weighted by atomic mass is 35.5. The van der Waals surface area contributed by atoms with Crippen LogP contribution in [0, 0.1) is 6.92 Å².